The Hall–Kier alpha value is -5.13. The fourth-order valence-electron chi connectivity index (χ4n) is 12.3. The molecule has 6 aliphatic rings. The molecule has 1 aromatic heterocycles. The highest BCUT2D eigenvalue weighted by molar-refractivity contribution is 6.31. The van der Waals surface area contributed by atoms with Crippen LogP contribution in [0.5, 0.6) is 0 Å². The van der Waals surface area contributed by atoms with Crippen molar-refractivity contribution in [1.29, 1.82) is 0 Å². The number of aromatic nitrogens is 2. The topological polar surface area (TPSA) is 176 Å². The summed E-state index contributed by atoms with van der Waals surface area (Å²) in [6.07, 6.45) is 6.31. The molecule has 5 fully saturated rings. The van der Waals surface area contributed by atoms with E-state index < -0.39 is 52.8 Å². The molecule has 0 bridgehead atoms. The maximum atomic E-state index is 16.3. The Kier molecular flexibility index (Phi) is 12.3. The van der Waals surface area contributed by atoms with Gasteiger partial charge in [0.05, 0.1) is 34.7 Å². The molecule has 10 rings (SSSR count). The molecule has 15 nitrogen and oxygen atoms in total. The van der Waals surface area contributed by atoms with E-state index in [2.05, 4.69) is 26.2 Å². The van der Waals surface area contributed by atoms with Crippen molar-refractivity contribution in [1.82, 2.24) is 34.9 Å². The van der Waals surface area contributed by atoms with Crippen molar-refractivity contribution in [3.05, 3.63) is 97.6 Å². The second-order valence-corrected chi connectivity index (χ2v) is 20.1. The first-order chi connectivity index (χ1) is 32.3. The van der Waals surface area contributed by atoms with Crippen LogP contribution in [0.4, 0.5) is 10.1 Å². The van der Waals surface area contributed by atoms with Crippen LogP contribution in [0, 0.1) is 5.82 Å². The number of carbonyl (C=O) groups is 5. The van der Waals surface area contributed by atoms with Gasteiger partial charge in [0.1, 0.15) is 23.4 Å². The molecule has 2 spiro atoms. The molecule has 0 radical (unpaired) electrons. The van der Waals surface area contributed by atoms with Gasteiger partial charge in [0, 0.05) is 61.8 Å². The minimum atomic E-state index is -1.33. The molecular formula is C49H55Cl2FN8O7. The van der Waals surface area contributed by atoms with Gasteiger partial charge in [-0.05, 0) is 98.5 Å². The quantitative estimate of drug-likeness (QED) is 0.171. The summed E-state index contributed by atoms with van der Waals surface area (Å²) in [6, 6.07) is 13.8. The number of carbonyl (C=O) groups excluding carboxylic acids is 5. The molecule has 1 unspecified atom stereocenters. The number of ether oxygens (including phenoxy) is 1. The van der Waals surface area contributed by atoms with Gasteiger partial charge in [-0.15, -0.1) is 0 Å². The predicted octanol–water partition coefficient (Wildman–Crippen LogP) is 4.85. The molecule has 4 aromatic rings. The van der Waals surface area contributed by atoms with Crippen LogP contribution in [0.25, 0.3) is 11.0 Å². The summed E-state index contributed by atoms with van der Waals surface area (Å²) in [5.74, 6) is -3.12. The first kappa shape index (κ1) is 45.6. The summed E-state index contributed by atoms with van der Waals surface area (Å²) in [5.41, 5.74) is 1.43. The number of hydrogen-bond donors (Lipinski definition) is 4. The number of benzene rings is 3. The van der Waals surface area contributed by atoms with Crippen molar-refractivity contribution < 1.29 is 33.1 Å². The maximum Gasteiger partial charge on any atom is 0.329 e. The highest BCUT2D eigenvalue weighted by Gasteiger charge is 2.72. The van der Waals surface area contributed by atoms with Crippen LogP contribution in [-0.2, 0) is 47.6 Å². The van der Waals surface area contributed by atoms with Crippen LogP contribution in [0.2, 0.25) is 10.0 Å². The van der Waals surface area contributed by atoms with Crippen molar-refractivity contribution in [3.63, 3.8) is 0 Å². The molecule has 1 aliphatic carbocycles. The van der Waals surface area contributed by atoms with E-state index >= 15 is 4.39 Å². The lowest BCUT2D eigenvalue weighted by molar-refractivity contribution is -0.149. The monoisotopic (exact) mass is 956 g/mol. The summed E-state index contributed by atoms with van der Waals surface area (Å²) in [4.78, 5) is 84.8. The maximum absolute atomic E-state index is 16.3. The third kappa shape index (κ3) is 7.86. The minimum absolute atomic E-state index is 0.0614. The number of fused-ring (bicyclic) bond motifs is 4. The Labute approximate surface area is 397 Å². The number of anilines is 1. The lowest BCUT2D eigenvalue weighted by Gasteiger charge is -2.47. The van der Waals surface area contributed by atoms with Crippen LogP contribution in [-0.4, -0.2) is 112 Å². The standard InChI is InChI=1S/C49H55Cl2FN8O7/c1-57-37-25-28(10-14-35(37)60(47(57)66)36-15-17-39(61)55-43(36)62)7-6-20-58-21-23-59(24-22-58)45(64)38-16-12-30(27-67-38)53-44(63)42-40(31-8-5-9-33(51)41(31)52)49(48(56-42)18-3-2-4-19-48)32-13-11-29(50)26-34(32)54-46(49)65/h5,8-11,13-14,25-26,30,36,38,40,42,56H,2-4,6-7,12,15-24,27H2,1H3,(H,53,63)(H,54,65)(H,55,61,62)/t30-,36?,38+,40+,42-,49-/m1/s1. The molecule has 3 aromatic carbocycles. The van der Waals surface area contributed by atoms with Crippen LogP contribution in [0.3, 0.4) is 0 Å². The molecule has 6 heterocycles. The van der Waals surface area contributed by atoms with Gasteiger partial charge in [0.25, 0.3) is 5.91 Å². The van der Waals surface area contributed by atoms with Crippen LogP contribution < -0.4 is 27.0 Å². The van der Waals surface area contributed by atoms with E-state index in [-0.39, 0.29) is 59.4 Å². The number of piperazine rings is 1. The molecular weight excluding hydrogens is 902 g/mol. The van der Waals surface area contributed by atoms with Crippen molar-refractivity contribution in [2.75, 3.05) is 44.6 Å². The van der Waals surface area contributed by atoms with E-state index in [1.54, 1.807) is 35.9 Å². The third-order valence-corrected chi connectivity index (χ3v) is 16.0. The van der Waals surface area contributed by atoms with Crippen molar-refractivity contribution in [2.45, 2.75) is 112 Å². The van der Waals surface area contributed by atoms with Crippen molar-refractivity contribution in [2.24, 2.45) is 7.05 Å². The lowest BCUT2D eigenvalue weighted by atomic mass is 9.55. The van der Waals surface area contributed by atoms with Gasteiger partial charge < -0.3 is 20.3 Å². The number of nitrogens with one attached hydrogen (secondary N) is 4. The van der Waals surface area contributed by atoms with E-state index in [9.17, 15) is 28.8 Å². The largest absolute Gasteiger partial charge is 0.366 e. The number of imide groups is 1. The molecule has 18 heteroatoms. The highest BCUT2D eigenvalue weighted by atomic mass is 35.5. The zero-order chi connectivity index (χ0) is 46.8. The summed E-state index contributed by atoms with van der Waals surface area (Å²) < 4.78 is 25.5. The lowest BCUT2D eigenvalue weighted by Crippen LogP contribution is -2.60. The Morgan fingerprint density at radius 3 is 2.45 bits per heavy atom. The average Bonchev–Trinajstić information content (AvgIpc) is 3.87. The normalized spacial score (nSPS) is 27.4. The number of piperidine rings is 1. The van der Waals surface area contributed by atoms with E-state index in [0.29, 0.717) is 60.6 Å². The van der Waals surface area contributed by atoms with Crippen LogP contribution in [0.15, 0.2) is 59.4 Å². The Morgan fingerprint density at radius 1 is 0.910 bits per heavy atom. The highest BCUT2D eigenvalue weighted by Crippen LogP contribution is 2.62. The zero-order valence-electron chi connectivity index (χ0n) is 37.4. The fourth-order valence-corrected chi connectivity index (χ4v) is 12.6. The summed E-state index contributed by atoms with van der Waals surface area (Å²) in [5, 5.41) is 12.6. The molecule has 5 aliphatic heterocycles. The number of aryl methyl sites for hydroxylation is 2. The van der Waals surface area contributed by atoms with Crippen molar-refractivity contribution in [3.8, 4) is 0 Å². The number of hydrogen-bond acceptors (Lipinski definition) is 9. The smallest absolute Gasteiger partial charge is 0.329 e. The average molecular weight is 958 g/mol. The first-order valence-corrected chi connectivity index (χ1v) is 24.3. The predicted molar refractivity (Wildman–Crippen MR) is 249 cm³/mol. The van der Waals surface area contributed by atoms with Gasteiger partial charge in [-0.3, -0.25) is 48.6 Å². The second kappa shape index (κ2) is 18.1. The molecule has 6 atom stereocenters. The summed E-state index contributed by atoms with van der Waals surface area (Å²) >= 11 is 12.8. The Bertz CT molecular complexity index is 2720. The fraction of sp³-hybridized carbons (Fsp3) is 0.510. The molecule has 5 amide bonds. The molecule has 4 N–H and O–H groups in total. The van der Waals surface area contributed by atoms with Gasteiger partial charge in [0.15, 0.2) is 0 Å². The van der Waals surface area contributed by atoms with Gasteiger partial charge in [-0.1, -0.05) is 66.7 Å². The van der Waals surface area contributed by atoms with Gasteiger partial charge in [-0.2, -0.15) is 0 Å². The SMILES string of the molecule is Cn1c(=O)n(C2CCC(=O)NC2=O)c2ccc(CCCN3CCN(C(=O)[C@@H]4CC[C@@H](NC(=O)[C@@H]5NC6(CCCCC6)[C@@]6(C(=O)Nc7cc(Cl)ccc76)[C@H]5c5cccc(Cl)c5F)CO4)CC3)cc21. The van der Waals surface area contributed by atoms with E-state index in [0.717, 1.165) is 62.8 Å². The Morgan fingerprint density at radius 2 is 1.70 bits per heavy atom. The Balaban J connectivity index is 0.750. The van der Waals surface area contributed by atoms with Crippen molar-refractivity contribution >= 4 is 69.5 Å². The summed E-state index contributed by atoms with van der Waals surface area (Å²) in [7, 11) is 1.69. The van der Waals surface area contributed by atoms with E-state index in [1.165, 1.54) is 10.6 Å². The summed E-state index contributed by atoms with van der Waals surface area (Å²) in [6.45, 7) is 3.56. The molecule has 4 saturated heterocycles. The number of halogens is 3. The molecule has 354 valence electrons. The number of nitrogens with zero attached hydrogens (tertiary/aromatic N) is 4. The minimum Gasteiger partial charge on any atom is -0.366 e. The molecule has 67 heavy (non-hydrogen) atoms. The number of rotatable bonds is 9. The van der Waals surface area contributed by atoms with Crippen LogP contribution >= 0.6 is 23.2 Å². The van der Waals surface area contributed by atoms with Gasteiger partial charge in [0.2, 0.25) is 23.6 Å². The van der Waals surface area contributed by atoms with Gasteiger partial charge in [-0.25, -0.2) is 9.18 Å². The zero-order valence-corrected chi connectivity index (χ0v) is 38.9. The number of imidazole rings is 1. The molecule has 1 saturated carbocycles. The second-order valence-electron chi connectivity index (χ2n) is 19.2. The van der Waals surface area contributed by atoms with E-state index in [1.807, 2.05) is 29.2 Å². The van der Waals surface area contributed by atoms with E-state index in [4.69, 9.17) is 27.9 Å². The van der Waals surface area contributed by atoms with Gasteiger partial charge >= 0.3 is 5.69 Å². The third-order valence-electron chi connectivity index (χ3n) is 15.5. The van der Waals surface area contributed by atoms with Crippen LogP contribution in [0.1, 0.15) is 92.9 Å². The first-order valence-electron chi connectivity index (χ1n) is 23.6. The number of amides is 5.